The summed E-state index contributed by atoms with van der Waals surface area (Å²) in [7, 11) is 0. The fraction of sp³-hybridized carbons (Fsp3) is 0.929. The standard InChI is InChI=1S/C14H27NO2/c1-3-7-12(2)10-17-13(16)14(11-15)8-5-4-6-9-14/h12H,3-11,15H2,1-2H3. The van der Waals surface area contributed by atoms with Gasteiger partial charge in [-0.25, -0.2) is 0 Å². The van der Waals surface area contributed by atoms with Crippen LogP contribution in [0.5, 0.6) is 0 Å². The minimum atomic E-state index is -0.371. The largest absolute Gasteiger partial charge is 0.465 e. The first-order valence-corrected chi connectivity index (χ1v) is 7.02. The topological polar surface area (TPSA) is 52.3 Å². The molecule has 1 saturated carbocycles. The Labute approximate surface area is 105 Å². The van der Waals surface area contributed by atoms with Gasteiger partial charge >= 0.3 is 5.97 Å². The molecular weight excluding hydrogens is 214 g/mol. The zero-order valence-electron chi connectivity index (χ0n) is 11.3. The monoisotopic (exact) mass is 241 g/mol. The molecule has 0 spiro atoms. The van der Waals surface area contributed by atoms with Gasteiger partial charge in [-0.05, 0) is 25.2 Å². The molecule has 0 heterocycles. The van der Waals surface area contributed by atoms with E-state index < -0.39 is 0 Å². The van der Waals surface area contributed by atoms with Crippen LogP contribution in [0.3, 0.4) is 0 Å². The van der Waals surface area contributed by atoms with E-state index in [4.69, 9.17) is 10.5 Å². The molecule has 1 rings (SSSR count). The molecule has 100 valence electrons. The van der Waals surface area contributed by atoms with E-state index in [-0.39, 0.29) is 11.4 Å². The fourth-order valence-corrected chi connectivity index (χ4v) is 2.67. The lowest BCUT2D eigenvalue weighted by molar-refractivity contribution is -0.158. The van der Waals surface area contributed by atoms with Crippen molar-refractivity contribution >= 4 is 5.97 Å². The van der Waals surface area contributed by atoms with Crippen LogP contribution in [0.15, 0.2) is 0 Å². The summed E-state index contributed by atoms with van der Waals surface area (Å²) in [5.74, 6) is 0.407. The maximum atomic E-state index is 12.2. The van der Waals surface area contributed by atoms with Crippen LogP contribution in [0.2, 0.25) is 0 Å². The van der Waals surface area contributed by atoms with Crippen LogP contribution in [-0.2, 0) is 9.53 Å². The van der Waals surface area contributed by atoms with Crippen LogP contribution < -0.4 is 5.73 Å². The number of carbonyl (C=O) groups is 1. The maximum Gasteiger partial charge on any atom is 0.313 e. The Morgan fingerprint density at radius 3 is 2.53 bits per heavy atom. The summed E-state index contributed by atoms with van der Waals surface area (Å²) in [6.07, 6.45) is 7.51. The Hall–Kier alpha value is -0.570. The zero-order chi connectivity index (χ0) is 12.7. The number of carbonyl (C=O) groups excluding carboxylic acids is 1. The van der Waals surface area contributed by atoms with E-state index >= 15 is 0 Å². The highest BCUT2D eigenvalue weighted by Crippen LogP contribution is 2.36. The predicted octanol–water partition coefficient (Wildman–Crippen LogP) is 2.88. The van der Waals surface area contributed by atoms with Crippen LogP contribution in [0.1, 0.15) is 58.8 Å². The molecule has 1 fully saturated rings. The van der Waals surface area contributed by atoms with E-state index in [0.29, 0.717) is 19.1 Å². The maximum absolute atomic E-state index is 12.2. The number of esters is 1. The van der Waals surface area contributed by atoms with Gasteiger partial charge in [-0.15, -0.1) is 0 Å². The van der Waals surface area contributed by atoms with E-state index in [1.807, 2.05) is 0 Å². The molecule has 3 heteroatoms. The summed E-state index contributed by atoms with van der Waals surface area (Å²) in [4.78, 5) is 12.2. The molecule has 0 saturated heterocycles. The van der Waals surface area contributed by atoms with Gasteiger partial charge in [0.15, 0.2) is 0 Å². The second-order valence-corrected chi connectivity index (χ2v) is 5.54. The Morgan fingerprint density at radius 2 is 2.00 bits per heavy atom. The Morgan fingerprint density at radius 1 is 1.35 bits per heavy atom. The van der Waals surface area contributed by atoms with Gasteiger partial charge in [-0.1, -0.05) is 39.5 Å². The van der Waals surface area contributed by atoms with Crippen LogP contribution in [0.4, 0.5) is 0 Å². The summed E-state index contributed by atoms with van der Waals surface area (Å²) >= 11 is 0. The number of hydrogen-bond donors (Lipinski definition) is 1. The second-order valence-electron chi connectivity index (χ2n) is 5.54. The van der Waals surface area contributed by atoms with Gasteiger partial charge in [0, 0.05) is 6.54 Å². The quantitative estimate of drug-likeness (QED) is 0.727. The van der Waals surface area contributed by atoms with Crippen molar-refractivity contribution in [3.05, 3.63) is 0 Å². The van der Waals surface area contributed by atoms with Crippen molar-refractivity contribution in [3.8, 4) is 0 Å². The van der Waals surface area contributed by atoms with Crippen molar-refractivity contribution in [1.29, 1.82) is 0 Å². The first-order valence-electron chi connectivity index (χ1n) is 7.02. The van der Waals surface area contributed by atoms with Crippen LogP contribution in [0.25, 0.3) is 0 Å². The number of nitrogens with two attached hydrogens (primary N) is 1. The molecule has 1 aliphatic rings. The lowest BCUT2D eigenvalue weighted by Crippen LogP contribution is -2.42. The van der Waals surface area contributed by atoms with Crippen molar-refractivity contribution in [2.24, 2.45) is 17.1 Å². The average Bonchev–Trinajstić information content (AvgIpc) is 2.37. The van der Waals surface area contributed by atoms with Crippen LogP contribution >= 0.6 is 0 Å². The first kappa shape index (κ1) is 14.5. The third kappa shape index (κ3) is 3.98. The van der Waals surface area contributed by atoms with E-state index in [2.05, 4.69) is 13.8 Å². The molecule has 0 aliphatic heterocycles. The molecule has 1 atom stereocenters. The summed E-state index contributed by atoms with van der Waals surface area (Å²) in [6.45, 7) is 5.27. The van der Waals surface area contributed by atoms with Gasteiger partial charge in [0.25, 0.3) is 0 Å². The van der Waals surface area contributed by atoms with Gasteiger partial charge in [-0.3, -0.25) is 4.79 Å². The summed E-state index contributed by atoms with van der Waals surface area (Å²) in [5, 5.41) is 0. The molecule has 0 bridgehead atoms. The lowest BCUT2D eigenvalue weighted by Gasteiger charge is -2.33. The molecule has 0 aromatic carbocycles. The molecule has 0 amide bonds. The Bertz CT molecular complexity index is 234. The molecule has 0 aromatic heterocycles. The Kier molecular flexibility index (Phi) is 5.96. The number of hydrogen-bond acceptors (Lipinski definition) is 3. The van der Waals surface area contributed by atoms with Gasteiger partial charge in [0.2, 0.25) is 0 Å². The minimum absolute atomic E-state index is 0.0531. The summed E-state index contributed by atoms with van der Waals surface area (Å²) < 4.78 is 5.47. The van der Waals surface area contributed by atoms with E-state index in [9.17, 15) is 4.79 Å². The molecular formula is C14H27NO2. The molecule has 1 unspecified atom stereocenters. The molecule has 0 aromatic rings. The predicted molar refractivity (Wildman–Crippen MR) is 69.6 cm³/mol. The third-order valence-electron chi connectivity index (χ3n) is 3.91. The van der Waals surface area contributed by atoms with Crippen molar-refractivity contribution in [3.63, 3.8) is 0 Å². The highest BCUT2D eigenvalue weighted by Gasteiger charge is 2.39. The van der Waals surface area contributed by atoms with Gasteiger partial charge in [-0.2, -0.15) is 0 Å². The highest BCUT2D eigenvalue weighted by atomic mass is 16.5. The highest BCUT2D eigenvalue weighted by molar-refractivity contribution is 5.77. The van der Waals surface area contributed by atoms with Crippen LogP contribution in [0, 0.1) is 11.3 Å². The van der Waals surface area contributed by atoms with Gasteiger partial charge in [0.05, 0.1) is 12.0 Å². The zero-order valence-corrected chi connectivity index (χ0v) is 11.3. The van der Waals surface area contributed by atoms with Gasteiger partial charge < -0.3 is 10.5 Å². The van der Waals surface area contributed by atoms with Crippen molar-refractivity contribution < 1.29 is 9.53 Å². The van der Waals surface area contributed by atoms with E-state index in [1.54, 1.807) is 0 Å². The SMILES string of the molecule is CCCC(C)COC(=O)C1(CN)CCCCC1. The normalized spacial score (nSPS) is 20.9. The van der Waals surface area contributed by atoms with E-state index in [1.165, 1.54) is 6.42 Å². The van der Waals surface area contributed by atoms with Crippen molar-refractivity contribution in [2.45, 2.75) is 58.8 Å². The van der Waals surface area contributed by atoms with Gasteiger partial charge in [0.1, 0.15) is 0 Å². The second kappa shape index (κ2) is 7.00. The molecule has 1 aliphatic carbocycles. The number of rotatable bonds is 6. The summed E-state index contributed by atoms with van der Waals surface area (Å²) in [5.41, 5.74) is 5.43. The van der Waals surface area contributed by atoms with E-state index in [0.717, 1.165) is 38.5 Å². The van der Waals surface area contributed by atoms with Crippen molar-refractivity contribution in [1.82, 2.24) is 0 Å². The lowest BCUT2D eigenvalue weighted by atomic mass is 9.74. The smallest absolute Gasteiger partial charge is 0.313 e. The molecule has 3 nitrogen and oxygen atoms in total. The minimum Gasteiger partial charge on any atom is -0.465 e. The summed E-state index contributed by atoms with van der Waals surface area (Å²) in [6, 6.07) is 0. The fourth-order valence-electron chi connectivity index (χ4n) is 2.67. The number of ether oxygens (including phenoxy) is 1. The molecule has 2 N–H and O–H groups in total. The molecule has 0 radical (unpaired) electrons. The van der Waals surface area contributed by atoms with Crippen LogP contribution in [-0.4, -0.2) is 19.1 Å². The third-order valence-corrected chi connectivity index (χ3v) is 3.91. The first-order chi connectivity index (χ1) is 8.14. The molecule has 17 heavy (non-hydrogen) atoms. The van der Waals surface area contributed by atoms with Crippen molar-refractivity contribution in [2.75, 3.05) is 13.2 Å². The average molecular weight is 241 g/mol. The Balaban J connectivity index is 2.43.